The number of benzene rings is 1. The minimum atomic E-state index is -3.22. The summed E-state index contributed by atoms with van der Waals surface area (Å²) < 4.78 is 26.7. The van der Waals surface area contributed by atoms with Gasteiger partial charge in [0.05, 0.1) is 5.75 Å². The highest BCUT2D eigenvalue weighted by Gasteiger charge is 2.13. The second kappa shape index (κ2) is 7.20. The van der Waals surface area contributed by atoms with Crippen LogP contribution in [0.3, 0.4) is 0 Å². The molecule has 1 fully saturated rings. The number of aryl methyl sites for hydroxylation is 1. The Morgan fingerprint density at radius 3 is 2.70 bits per heavy atom. The SMILES string of the molecule is Cc1cccc(CS(=O)(=O)NCCCN2CCCC2)c1. The minimum Gasteiger partial charge on any atom is -0.303 e. The molecule has 1 aromatic carbocycles. The molecule has 0 atom stereocenters. The van der Waals surface area contributed by atoms with E-state index in [4.69, 9.17) is 0 Å². The number of hydrogen-bond donors (Lipinski definition) is 1. The van der Waals surface area contributed by atoms with Crippen LogP contribution >= 0.6 is 0 Å². The van der Waals surface area contributed by atoms with E-state index >= 15 is 0 Å². The summed E-state index contributed by atoms with van der Waals surface area (Å²) in [5.41, 5.74) is 1.93. The quantitative estimate of drug-likeness (QED) is 0.782. The first-order valence-electron chi connectivity index (χ1n) is 7.30. The molecule has 1 aliphatic rings. The van der Waals surface area contributed by atoms with Crippen molar-refractivity contribution in [3.05, 3.63) is 35.4 Å². The van der Waals surface area contributed by atoms with Gasteiger partial charge in [-0.3, -0.25) is 0 Å². The highest BCUT2D eigenvalue weighted by molar-refractivity contribution is 7.88. The largest absolute Gasteiger partial charge is 0.303 e. The molecule has 20 heavy (non-hydrogen) atoms. The maximum Gasteiger partial charge on any atom is 0.215 e. The maximum atomic E-state index is 12.0. The summed E-state index contributed by atoms with van der Waals surface area (Å²) in [5.74, 6) is 0.0679. The van der Waals surface area contributed by atoms with Crippen molar-refractivity contribution >= 4 is 10.0 Å². The Hall–Kier alpha value is -0.910. The van der Waals surface area contributed by atoms with E-state index in [1.54, 1.807) is 0 Å². The first kappa shape index (κ1) is 15.5. The molecule has 0 saturated carbocycles. The Bertz CT molecular complexity index is 522. The molecule has 0 amide bonds. The van der Waals surface area contributed by atoms with Gasteiger partial charge < -0.3 is 4.90 Å². The van der Waals surface area contributed by atoms with Crippen LogP contribution in [0.5, 0.6) is 0 Å². The molecule has 5 heteroatoms. The van der Waals surface area contributed by atoms with Crippen molar-refractivity contribution in [3.63, 3.8) is 0 Å². The fourth-order valence-corrected chi connectivity index (χ4v) is 3.78. The lowest BCUT2D eigenvalue weighted by Crippen LogP contribution is -2.29. The third-order valence-corrected chi connectivity index (χ3v) is 4.97. The fourth-order valence-electron chi connectivity index (χ4n) is 2.61. The molecule has 0 bridgehead atoms. The Morgan fingerprint density at radius 1 is 1.25 bits per heavy atom. The number of sulfonamides is 1. The zero-order chi connectivity index (χ0) is 14.4. The molecule has 2 rings (SSSR count). The molecular formula is C15H24N2O2S. The van der Waals surface area contributed by atoms with Gasteiger partial charge in [-0.05, 0) is 51.4 Å². The molecule has 0 spiro atoms. The standard InChI is InChI=1S/C15H24N2O2S/c1-14-6-4-7-15(12-14)13-20(18,19)16-8-5-11-17-9-2-3-10-17/h4,6-7,12,16H,2-3,5,8-11,13H2,1H3. The average molecular weight is 296 g/mol. The van der Waals surface area contributed by atoms with E-state index in [2.05, 4.69) is 9.62 Å². The topological polar surface area (TPSA) is 49.4 Å². The average Bonchev–Trinajstić information content (AvgIpc) is 2.87. The van der Waals surface area contributed by atoms with E-state index in [0.29, 0.717) is 6.54 Å². The predicted molar refractivity (Wildman–Crippen MR) is 82.1 cm³/mol. The molecule has 0 aliphatic carbocycles. The van der Waals surface area contributed by atoms with E-state index < -0.39 is 10.0 Å². The van der Waals surface area contributed by atoms with Crippen LogP contribution in [0.2, 0.25) is 0 Å². The van der Waals surface area contributed by atoms with Crippen molar-refractivity contribution in [2.75, 3.05) is 26.2 Å². The van der Waals surface area contributed by atoms with Crippen molar-refractivity contribution in [2.24, 2.45) is 0 Å². The summed E-state index contributed by atoms with van der Waals surface area (Å²) in [6.07, 6.45) is 3.44. The van der Waals surface area contributed by atoms with Crippen molar-refractivity contribution in [1.82, 2.24) is 9.62 Å². The summed E-state index contributed by atoms with van der Waals surface area (Å²) in [4.78, 5) is 2.40. The number of hydrogen-bond acceptors (Lipinski definition) is 3. The predicted octanol–water partition coefficient (Wildman–Crippen LogP) is 1.90. The summed E-state index contributed by atoms with van der Waals surface area (Å²) in [6, 6.07) is 7.65. The third-order valence-electron chi connectivity index (χ3n) is 3.61. The van der Waals surface area contributed by atoms with E-state index in [0.717, 1.165) is 37.2 Å². The van der Waals surface area contributed by atoms with Gasteiger partial charge in [-0.25, -0.2) is 13.1 Å². The van der Waals surface area contributed by atoms with E-state index in [1.165, 1.54) is 12.8 Å². The Kier molecular flexibility index (Phi) is 5.57. The van der Waals surface area contributed by atoms with Gasteiger partial charge in [0.2, 0.25) is 10.0 Å². The molecule has 1 heterocycles. The van der Waals surface area contributed by atoms with Gasteiger partial charge in [0, 0.05) is 6.54 Å². The van der Waals surface area contributed by atoms with Crippen LogP contribution in [0, 0.1) is 6.92 Å². The Balaban J connectivity index is 1.73. The summed E-state index contributed by atoms with van der Waals surface area (Å²) in [5, 5.41) is 0. The minimum absolute atomic E-state index is 0.0679. The van der Waals surface area contributed by atoms with Gasteiger partial charge in [0.25, 0.3) is 0 Å². The van der Waals surface area contributed by atoms with Crippen LogP contribution < -0.4 is 4.72 Å². The summed E-state index contributed by atoms with van der Waals surface area (Å²) >= 11 is 0. The lowest BCUT2D eigenvalue weighted by Gasteiger charge is -2.14. The fraction of sp³-hybridized carbons (Fsp3) is 0.600. The molecule has 112 valence electrons. The van der Waals surface area contributed by atoms with Gasteiger partial charge in [-0.2, -0.15) is 0 Å². The van der Waals surface area contributed by atoms with Crippen LogP contribution in [0.4, 0.5) is 0 Å². The van der Waals surface area contributed by atoms with E-state index in [-0.39, 0.29) is 5.75 Å². The monoisotopic (exact) mass is 296 g/mol. The normalized spacial score (nSPS) is 16.6. The van der Waals surface area contributed by atoms with Crippen LogP contribution in [-0.2, 0) is 15.8 Å². The maximum absolute atomic E-state index is 12.0. The van der Waals surface area contributed by atoms with Gasteiger partial charge in [-0.1, -0.05) is 29.8 Å². The second-order valence-electron chi connectivity index (χ2n) is 5.54. The van der Waals surface area contributed by atoms with E-state index in [1.807, 2.05) is 31.2 Å². The van der Waals surface area contributed by atoms with Crippen molar-refractivity contribution in [2.45, 2.75) is 31.9 Å². The lowest BCUT2D eigenvalue weighted by atomic mass is 10.2. The zero-order valence-electron chi connectivity index (χ0n) is 12.1. The van der Waals surface area contributed by atoms with Gasteiger partial charge in [-0.15, -0.1) is 0 Å². The van der Waals surface area contributed by atoms with Crippen LogP contribution in [0.1, 0.15) is 30.4 Å². The molecule has 0 radical (unpaired) electrons. The highest BCUT2D eigenvalue weighted by Crippen LogP contribution is 2.09. The molecule has 1 N–H and O–H groups in total. The van der Waals surface area contributed by atoms with Gasteiger partial charge >= 0.3 is 0 Å². The van der Waals surface area contributed by atoms with Crippen LogP contribution in [0.25, 0.3) is 0 Å². The highest BCUT2D eigenvalue weighted by atomic mass is 32.2. The third kappa shape index (κ3) is 5.23. The summed E-state index contributed by atoms with van der Waals surface area (Å²) in [7, 11) is -3.22. The van der Waals surface area contributed by atoms with Crippen LogP contribution in [0.15, 0.2) is 24.3 Å². The van der Waals surface area contributed by atoms with Crippen molar-refractivity contribution < 1.29 is 8.42 Å². The Labute approximate surface area is 122 Å². The molecule has 1 aliphatic heterocycles. The summed E-state index contributed by atoms with van der Waals surface area (Å²) in [6.45, 7) is 5.82. The van der Waals surface area contributed by atoms with E-state index in [9.17, 15) is 8.42 Å². The first-order chi connectivity index (χ1) is 9.55. The molecule has 0 aromatic heterocycles. The van der Waals surface area contributed by atoms with Crippen molar-refractivity contribution in [1.29, 1.82) is 0 Å². The number of nitrogens with zero attached hydrogens (tertiary/aromatic N) is 1. The molecule has 4 nitrogen and oxygen atoms in total. The lowest BCUT2D eigenvalue weighted by molar-refractivity contribution is 0.334. The molecule has 1 saturated heterocycles. The zero-order valence-corrected chi connectivity index (χ0v) is 13.0. The van der Waals surface area contributed by atoms with Gasteiger partial charge in [0.1, 0.15) is 0 Å². The molecular weight excluding hydrogens is 272 g/mol. The Morgan fingerprint density at radius 2 is 2.00 bits per heavy atom. The smallest absolute Gasteiger partial charge is 0.215 e. The van der Waals surface area contributed by atoms with Crippen molar-refractivity contribution in [3.8, 4) is 0 Å². The number of rotatable bonds is 7. The van der Waals surface area contributed by atoms with Gasteiger partial charge in [0.15, 0.2) is 0 Å². The molecule has 1 aromatic rings. The first-order valence-corrected chi connectivity index (χ1v) is 8.96. The van der Waals surface area contributed by atoms with Crippen LogP contribution in [-0.4, -0.2) is 39.5 Å². The number of nitrogens with one attached hydrogen (secondary N) is 1. The molecule has 0 unspecified atom stereocenters. The number of likely N-dealkylation sites (tertiary alicyclic amines) is 1. The second-order valence-corrected chi connectivity index (χ2v) is 7.35.